The highest BCUT2D eigenvalue weighted by Gasteiger charge is 2.29. The van der Waals surface area contributed by atoms with Crippen molar-refractivity contribution in [3.05, 3.63) is 0 Å². The minimum atomic E-state index is -2.97. The zero-order valence-electron chi connectivity index (χ0n) is 13.2. The van der Waals surface area contributed by atoms with Gasteiger partial charge >= 0.3 is 7.60 Å². The van der Waals surface area contributed by atoms with E-state index in [0.717, 1.165) is 44.9 Å². The quantitative estimate of drug-likeness (QED) is 0.464. The third-order valence-corrected chi connectivity index (χ3v) is 6.06. The highest BCUT2D eigenvalue weighted by Crippen LogP contribution is 2.48. The summed E-state index contributed by atoms with van der Waals surface area (Å²) in [4.78, 5) is 4.56. The van der Waals surface area contributed by atoms with E-state index in [9.17, 15) is 4.57 Å². The molecule has 0 aromatic carbocycles. The summed E-state index contributed by atoms with van der Waals surface area (Å²) < 4.78 is 23.2. The standard InChI is InChI=1S/C13H30N3O3PS/c1-3-18-20(17,19-4-2)12-16-9-7-15(8-10-16)6-5-13(14)11-21/h13,21H,3-12,14H2,1-2H3/t13-/m1/s1. The molecule has 8 heteroatoms. The molecule has 0 radical (unpaired) electrons. The molecule has 6 nitrogen and oxygen atoms in total. The molecule has 1 saturated heterocycles. The van der Waals surface area contributed by atoms with Gasteiger partial charge in [0.15, 0.2) is 0 Å². The van der Waals surface area contributed by atoms with Gasteiger partial charge in [-0.1, -0.05) is 0 Å². The Morgan fingerprint density at radius 1 is 1.14 bits per heavy atom. The third kappa shape index (κ3) is 7.46. The maximum absolute atomic E-state index is 12.5. The molecule has 0 bridgehead atoms. The molecule has 1 fully saturated rings. The Hall–Kier alpha value is 0.380. The van der Waals surface area contributed by atoms with Crippen LogP contribution in [0, 0.1) is 0 Å². The molecule has 2 N–H and O–H groups in total. The first-order chi connectivity index (χ1) is 10.0. The van der Waals surface area contributed by atoms with Gasteiger partial charge in [0.25, 0.3) is 0 Å². The van der Waals surface area contributed by atoms with Crippen LogP contribution in [0.1, 0.15) is 20.3 Å². The molecule has 0 aromatic rings. The first kappa shape index (κ1) is 19.4. The lowest BCUT2D eigenvalue weighted by molar-refractivity contribution is 0.130. The van der Waals surface area contributed by atoms with Gasteiger partial charge < -0.3 is 19.7 Å². The van der Waals surface area contributed by atoms with Crippen LogP contribution in [0.2, 0.25) is 0 Å². The normalized spacial score (nSPS) is 19.8. The van der Waals surface area contributed by atoms with Crippen molar-refractivity contribution < 1.29 is 13.6 Å². The largest absolute Gasteiger partial charge is 0.344 e. The van der Waals surface area contributed by atoms with Crippen molar-refractivity contribution >= 4 is 20.2 Å². The minimum Gasteiger partial charge on any atom is -0.327 e. The molecule has 1 aliphatic heterocycles. The van der Waals surface area contributed by atoms with Crippen molar-refractivity contribution in [3.8, 4) is 0 Å². The van der Waals surface area contributed by atoms with Crippen LogP contribution in [-0.2, 0) is 13.6 Å². The zero-order valence-corrected chi connectivity index (χ0v) is 15.0. The van der Waals surface area contributed by atoms with E-state index in [1.54, 1.807) is 0 Å². The Bertz CT molecular complexity index is 318. The number of nitrogens with zero attached hydrogens (tertiary/aromatic N) is 2. The summed E-state index contributed by atoms with van der Waals surface area (Å²) in [5.74, 6) is 0.728. The number of rotatable bonds is 10. The van der Waals surface area contributed by atoms with E-state index < -0.39 is 7.60 Å². The van der Waals surface area contributed by atoms with Crippen molar-refractivity contribution in [2.45, 2.75) is 26.3 Å². The van der Waals surface area contributed by atoms with Crippen LogP contribution in [0.15, 0.2) is 0 Å². The van der Waals surface area contributed by atoms with Gasteiger partial charge in [-0.05, 0) is 26.8 Å². The van der Waals surface area contributed by atoms with E-state index in [0.29, 0.717) is 19.5 Å². The lowest BCUT2D eigenvalue weighted by Gasteiger charge is -2.36. The molecule has 1 rings (SSSR count). The van der Waals surface area contributed by atoms with Gasteiger partial charge in [-0.3, -0.25) is 9.46 Å². The molecule has 0 saturated carbocycles. The third-order valence-electron chi connectivity index (χ3n) is 3.54. The monoisotopic (exact) mass is 339 g/mol. The molecule has 1 heterocycles. The van der Waals surface area contributed by atoms with Gasteiger partial charge in [0, 0.05) is 38.0 Å². The maximum Gasteiger partial charge on any atom is 0.344 e. The molecular formula is C13H30N3O3PS. The predicted octanol–water partition coefficient (Wildman–Crippen LogP) is 1.47. The SMILES string of the molecule is CCOP(=O)(CN1CCN(CC[C@@H](N)CS)CC1)OCC. The number of hydrogen-bond acceptors (Lipinski definition) is 7. The van der Waals surface area contributed by atoms with Gasteiger partial charge in [0.05, 0.1) is 13.2 Å². The lowest BCUT2D eigenvalue weighted by atomic mass is 10.2. The second-order valence-corrected chi connectivity index (χ2v) is 7.67. The highest BCUT2D eigenvalue weighted by molar-refractivity contribution is 7.80. The van der Waals surface area contributed by atoms with E-state index in [1.165, 1.54) is 0 Å². The fourth-order valence-corrected chi connectivity index (χ4v) is 4.33. The lowest BCUT2D eigenvalue weighted by Crippen LogP contribution is -2.47. The fraction of sp³-hybridized carbons (Fsp3) is 1.00. The van der Waals surface area contributed by atoms with Crippen molar-refractivity contribution in [1.82, 2.24) is 9.80 Å². The van der Waals surface area contributed by atoms with Crippen LogP contribution in [0.5, 0.6) is 0 Å². The van der Waals surface area contributed by atoms with Crippen molar-refractivity contribution in [3.63, 3.8) is 0 Å². The van der Waals surface area contributed by atoms with Crippen LogP contribution in [0.25, 0.3) is 0 Å². The Balaban J connectivity index is 2.33. The molecule has 0 spiro atoms. The molecule has 126 valence electrons. The molecular weight excluding hydrogens is 309 g/mol. The van der Waals surface area contributed by atoms with Crippen molar-refractivity contribution in [2.75, 3.05) is 58.0 Å². The Morgan fingerprint density at radius 3 is 2.14 bits per heavy atom. The van der Waals surface area contributed by atoms with Gasteiger partial charge in [-0.25, -0.2) is 0 Å². The average Bonchev–Trinajstić information content (AvgIpc) is 2.46. The van der Waals surface area contributed by atoms with Gasteiger partial charge in [-0.15, -0.1) is 0 Å². The topological polar surface area (TPSA) is 68.0 Å². The predicted molar refractivity (Wildman–Crippen MR) is 90.2 cm³/mol. The molecule has 0 aromatic heterocycles. The van der Waals surface area contributed by atoms with Crippen LogP contribution < -0.4 is 5.73 Å². The Labute approximate surface area is 134 Å². The summed E-state index contributed by atoms with van der Waals surface area (Å²) in [5.41, 5.74) is 5.88. The van der Waals surface area contributed by atoms with Gasteiger partial charge in [0.1, 0.15) is 6.29 Å². The minimum absolute atomic E-state index is 0.169. The summed E-state index contributed by atoms with van der Waals surface area (Å²) in [6.07, 6.45) is 1.36. The number of thiol groups is 1. The summed E-state index contributed by atoms with van der Waals surface area (Å²) >= 11 is 4.20. The Kier molecular flexibility index (Phi) is 9.45. The van der Waals surface area contributed by atoms with Crippen LogP contribution in [0.3, 0.4) is 0 Å². The fourth-order valence-electron chi connectivity index (χ4n) is 2.35. The molecule has 21 heavy (non-hydrogen) atoms. The number of hydrogen-bond donors (Lipinski definition) is 2. The second-order valence-electron chi connectivity index (χ2n) is 5.28. The average molecular weight is 339 g/mol. The summed E-state index contributed by atoms with van der Waals surface area (Å²) in [6.45, 7) is 9.24. The smallest absolute Gasteiger partial charge is 0.327 e. The number of piperazine rings is 1. The first-order valence-electron chi connectivity index (χ1n) is 7.72. The Morgan fingerprint density at radius 2 is 1.67 bits per heavy atom. The van der Waals surface area contributed by atoms with Gasteiger partial charge in [0.2, 0.25) is 0 Å². The van der Waals surface area contributed by atoms with E-state index in [1.807, 2.05) is 13.8 Å². The highest BCUT2D eigenvalue weighted by atomic mass is 32.1. The van der Waals surface area contributed by atoms with E-state index >= 15 is 0 Å². The maximum atomic E-state index is 12.5. The molecule has 0 amide bonds. The summed E-state index contributed by atoms with van der Waals surface area (Å²) in [6, 6.07) is 0.169. The van der Waals surface area contributed by atoms with Gasteiger partial charge in [-0.2, -0.15) is 12.6 Å². The summed E-state index contributed by atoms with van der Waals surface area (Å²) in [7, 11) is -2.97. The number of nitrogens with two attached hydrogens (primary N) is 1. The zero-order chi connectivity index (χ0) is 15.7. The molecule has 1 aliphatic rings. The van der Waals surface area contributed by atoms with E-state index in [-0.39, 0.29) is 6.04 Å². The summed E-state index contributed by atoms with van der Waals surface area (Å²) in [5, 5.41) is 0. The van der Waals surface area contributed by atoms with Crippen LogP contribution in [0.4, 0.5) is 0 Å². The molecule has 0 aliphatic carbocycles. The first-order valence-corrected chi connectivity index (χ1v) is 10.1. The van der Waals surface area contributed by atoms with E-state index in [2.05, 4.69) is 22.4 Å². The molecule has 0 unspecified atom stereocenters. The van der Waals surface area contributed by atoms with Crippen molar-refractivity contribution in [2.24, 2.45) is 5.73 Å². The molecule has 1 atom stereocenters. The van der Waals surface area contributed by atoms with Crippen molar-refractivity contribution in [1.29, 1.82) is 0 Å². The van der Waals surface area contributed by atoms with Crippen LogP contribution in [-0.4, -0.2) is 73.8 Å². The van der Waals surface area contributed by atoms with Crippen LogP contribution >= 0.6 is 20.2 Å². The van der Waals surface area contributed by atoms with E-state index in [4.69, 9.17) is 14.8 Å². The second kappa shape index (κ2) is 10.2.